The van der Waals surface area contributed by atoms with Crippen LogP contribution >= 0.6 is 0 Å². The molecule has 19 heavy (non-hydrogen) atoms. The number of piperidine rings is 1. The van der Waals surface area contributed by atoms with Crippen LogP contribution in [0.4, 0.5) is 0 Å². The molecule has 0 spiro atoms. The minimum Gasteiger partial charge on any atom is -0.391 e. The molecule has 4 bridgehead atoms. The third-order valence-electron chi connectivity index (χ3n) is 6.74. The van der Waals surface area contributed by atoms with Crippen LogP contribution in [0.3, 0.4) is 0 Å². The molecule has 4 aliphatic carbocycles. The van der Waals surface area contributed by atoms with Crippen molar-refractivity contribution in [1.82, 2.24) is 5.32 Å². The maximum Gasteiger partial charge on any atom is 0.0776 e. The lowest BCUT2D eigenvalue weighted by Crippen LogP contribution is -2.65. The average molecular weight is 264 g/mol. The summed E-state index contributed by atoms with van der Waals surface area (Å²) < 4.78 is 0. The molecule has 3 heteroatoms. The highest BCUT2D eigenvalue weighted by Crippen LogP contribution is 2.62. The van der Waals surface area contributed by atoms with Gasteiger partial charge >= 0.3 is 0 Å². The summed E-state index contributed by atoms with van der Waals surface area (Å²) in [5.74, 6) is 2.68. The van der Waals surface area contributed by atoms with E-state index in [0.717, 1.165) is 43.7 Å². The van der Waals surface area contributed by atoms with Gasteiger partial charge in [0.05, 0.1) is 6.10 Å². The fraction of sp³-hybridized carbons (Fsp3) is 1.00. The number of rotatable bonds is 2. The van der Waals surface area contributed by atoms with Gasteiger partial charge in [-0.1, -0.05) is 0 Å². The van der Waals surface area contributed by atoms with E-state index in [9.17, 15) is 5.11 Å². The van der Waals surface area contributed by atoms with Gasteiger partial charge in [-0.25, -0.2) is 0 Å². The molecule has 5 rings (SSSR count). The van der Waals surface area contributed by atoms with Crippen molar-refractivity contribution in [1.29, 1.82) is 0 Å². The molecular formula is C16H28N2O. The number of hydrogen-bond donors (Lipinski definition) is 3. The Morgan fingerprint density at radius 3 is 1.89 bits per heavy atom. The molecular weight excluding hydrogens is 236 g/mol. The van der Waals surface area contributed by atoms with E-state index in [1.165, 1.54) is 38.5 Å². The molecule has 0 aromatic heterocycles. The van der Waals surface area contributed by atoms with Gasteiger partial charge in [0.15, 0.2) is 0 Å². The zero-order chi connectivity index (χ0) is 13.1. The van der Waals surface area contributed by atoms with Crippen LogP contribution in [0.15, 0.2) is 0 Å². The van der Waals surface area contributed by atoms with Crippen LogP contribution in [-0.4, -0.2) is 29.8 Å². The molecule has 0 radical (unpaired) electrons. The quantitative estimate of drug-likeness (QED) is 0.711. The monoisotopic (exact) mass is 264 g/mol. The van der Waals surface area contributed by atoms with Gasteiger partial charge in [-0.3, -0.25) is 0 Å². The molecule has 4 saturated carbocycles. The van der Waals surface area contributed by atoms with Gasteiger partial charge in [0.1, 0.15) is 0 Å². The summed E-state index contributed by atoms with van der Waals surface area (Å²) in [4.78, 5) is 0. The van der Waals surface area contributed by atoms with E-state index in [2.05, 4.69) is 5.32 Å². The first-order chi connectivity index (χ1) is 9.10. The van der Waals surface area contributed by atoms with Crippen LogP contribution in [0.5, 0.6) is 0 Å². The largest absolute Gasteiger partial charge is 0.391 e. The zero-order valence-electron chi connectivity index (χ0n) is 11.9. The van der Waals surface area contributed by atoms with E-state index in [-0.39, 0.29) is 17.1 Å². The van der Waals surface area contributed by atoms with E-state index in [1.54, 1.807) is 0 Å². The Morgan fingerprint density at radius 2 is 1.42 bits per heavy atom. The van der Waals surface area contributed by atoms with Crippen molar-refractivity contribution in [3.8, 4) is 0 Å². The summed E-state index contributed by atoms with van der Waals surface area (Å²) in [6.07, 6.45) is 9.69. The van der Waals surface area contributed by atoms with Gasteiger partial charge in [0.25, 0.3) is 0 Å². The summed E-state index contributed by atoms with van der Waals surface area (Å²) in [5, 5.41) is 14.5. The molecule has 0 aromatic rings. The Bertz CT molecular complexity index is 326. The lowest BCUT2D eigenvalue weighted by Gasteiger charge is -2.61. The lowest BCUT2D eigenvalue weighted by atomic mass is 9.46. The van der Waals surface area contributed by atoms with E-state index < -0.39 is 0 Å². The SMILES string of the molecule is NC1(C(O)C23CC4CC(CC(C4)C2)C3)CCNCC1. The third-order valence-corrected chi connectivity index (χ3v) is 6.74. The van der Waals surface area contributed by atoms with Gasteiger partial charge in [0.2, 0.25) is 0 Å². The molecule has 5 aliphatic rings. The van der Waals surface area contributed by atoms with Crippen LogP contribution in [0, 0.1) is 23.2 Å². The number of nitrogens with two attached hydrogens (primary N) is 1. The molecule has 108 valence electrons. The van der Waals surface area contributed by atoms with Crippen molar-refractivity contribution in [2.45, 2.75) is 63.0 Å². The molecule has 1 saturated heterocycles. The summed E-state index contributed by atoms with van der Waals surface area (Å²) in [6.45, 7) is 1.94. The van der Waals surface area contributed by atoms with Crippen molar-refractivity contribution >= 4 is 0 Å². The van der Waals surface area contributed by atoms with E-state index in [1.807, 2.05) is 0 Å². The second kappa shape index (κ2) is 4.19. The molecule has 3 nitrogen and oxygen atoms in total. The van der Waals surface area contributed by atoms with Crippen molar-refractivity contribution < 1.29 is 5.11 Å². The number of aliphatic hydroxyl groups excluding tert-OH is 1. The second-order valence-electron chi connectivity index (χ2n) is 8.17. The van der Waals surface area contributed by atoms with Gasteiger partial charge in [-0.05, 0) is 87.6 Å². The Kier molecular flexibility index (Phi) is 2.78. The van der Waals surface area contributed by atoms with Crippen LogP contribution in [-0.2, 0) is 0 Å². The van der Waals surface area contributed by atoms with Crippen molar-refractivity contribution in [2.24, 2.45) is 28.9 Å². The maximum absolute atomic E-state index is 11.1. The Morgan fingerprint density at radius 1 is 0.947 bits per heavy atom. The van der Waals surface area contributed by atoms with Gasteiger partial charge in [-0.15, -0.1) is 0 Å². The second-order valence-corrected chi connectivity index (χ2v) is 8.17. The molecule has 5 fully saturated rings. The number of aliphatic hydroxyl groups is 1. The minimum atomic E-state index is -0.322. The smallest absolute Gasteiger partial charge is 0.0776 e. The van der Waals surface area contributed by atoms with Crippen LogP contribution in [0.2, 0.25) is 0 Å². The molecule has 1 aliphatic heterocycles. The normalized spacial score (nSPS) is 49.3. The van der Waals surface area contributed by atoms with E-state index in [4.69, 9.17) is 5.73 Å². The predicted octanol–water partition coefficient (Wildman–Crippen LogP) is 1.64. The number of hydrogen-bond acceptors (Lipinski definition) is 3. The lowest BCUT2D eigenvalue weighted by molar-refractivity contribution is -0.146. The van der Waals surface area contributed by atoms with Gasteiger partial charge in [-0.2, -0.15) is 0 Å². The topological polar surface area (TPSA) is 58.3 Å². The molecule has 1 unspecified atom stereocenters. The van der Waals surface area contributed by atoms with Crippen LogP contribution in [0.1, 0.15) is 51.4 Å². The molecule has 1 atom stereocenters. The molecule has 1 heterocycles. The van der Waals surface area contributed by atoms with E-state index in [0.29, 0.717) is 0 Å². The first-order valence-corrected chi connectivity index (χ1v) is 8.27. The Balaban J connectivity index is 1.60. The summed E-state index contributed by atoms with van der Waals surface area (Å²) >= 11 is 0. The minimum absolute atomic E-state index is 0.181. The Hall–Kier alpha value is -0.120. The fourth-order valence-corrected chi connectivity index (χ4v) is 6.29. The van der Waals surface area contributed by atoms with Crippen LogP contribution in [0.25, 0.3) is 0 Å². The molecule has 0 amide bonds. The zero-order valence-corrected chi connectivity index (χ0v) is 11.9. The number of nitrogens with one attached hydrogen (secondary N) is 1. The average Bonchev–Trinajstić information content (AvgIpc) is 2.37. The van der Waals surface area contributed by atoms with Gasteiger partial charge < -0.3 is 16.2 Å². The maximum atomic E-state index is 11.1. The van der Waals surface area contributed by atoms with Crippen molar-refractivity contribution in [3.63, 3.8) is 0 Å². The molecule has 4 N–H and O–H groups in total. The standard InChI is InChI=1S/C16H28N2O/c17-16(1-3-18-4-2-16)14(19)15-8-11-5-12(9-15)7-13(6-11)10-15/h11-14,18-19H,1-10,17H2. The van der Waals surface area contributed by atoms with E-state index >= 15 is 0 Å². The van der Waals surface area contributed by atoms with Crippen molar-refractivity contribution in [2.75, 3.05) is 13.1 Å². The highest BCUT2D eigenvalue weighted by atomic mass is 16.3. The fourth-order valence-electron chi connectivity index (χ4n) is 6.29. The summed E-state index contributed by atoms with van der Waals surface area (Å²) in [7, 11) is 0. The van der Waals surface area contributed by atoms with Crippen LogP contribution < -0.4 is 11.1 Å². The first kappa shape index (κ1) is 12.6. The first-order valence-electron chi connectivity index (χ1n) is 8.27. The van der Waals surface area contributed by atoms with Gasteiger partial charge in [0, 0.05) is 5.54 Å². The predicted molar refractivity (Wildman–Crippen MR) is 75.6 cm³/mol. The summed E-state index contributed by atoms with van der Waals surface area (Å²) in [6, 6.07) is 0. The highest BCUT2D eigenvalue weighted by Gasteiger charge is 2.57. The highest BCUT2D eigenvalue weighted by molar-refractivity contribution is 5.10. The Labute approximate surface area is 116 Å². The summed E-state index contributed by atoms with van der Waals surface area (Å²) in [5.41, 5.74) is 6.49. The molecule has 0 aromatic carbocycles. The third kappa shape index (κ3) is 1.89. The van der Waals surface area contributed by atoms with Crippen molar-refractivity contribution in [3.05, 3.63) is 0 Å².